The number of nitro benzene ring substituents is 1. The molecule has 0 radical (unpaired) electrons. The van der Waals surface area contributed by atoms with E-state index >= 15 is 0 Å². The van der Waals surface area contributed by atoms with Gasteiger partial charge in [0.05, 0.1) is 17.4 Å². The second-order valence-electron chi connectivity index (χ2n) is 4.36. The summed E-state index contributed by atoms with van der Waals surface area (Å²) in [6, 6.07) is 5.63. The molecule has 0 fully saturated rings. The van der Waals surface area contributed by atoms with Crippen molar-refractivity contribution in [3.8, 4) is 0 Å². The largest absolute Gasteiger partial charge is 0.366 e. The van der Waals surface area contributed by atoms with E-state index in [4.69, 9.17) is 5.73 Å². The number of nitrogens with two attached hydrogens (primary N) is 1. The summed E-state index contributed by atoms with van der Waals surface area (Å²) >= 11 is 0. The summed E-state index contributed by atoms with van der Waals surface area (Å²) in [5.74, 6) is 0.0503. The van der Waals surface area contributed by atoms with Crippen LogP contribution in [0.15, 0.2) is 24.3 Å². The highest BCUT2D eigenvalue weighted by atomic mass is 16.6. The number of carbonyl (C=O) groups is 1. The molecular formula is C11H10N6O3. The molecule has 9 heteroatoms. The van der Waals surface area contributed by atoms with Gasteiger partial charge in [-0.05, 0) is 5.56 Å². The van der Waals surface area contributed by atoms with Crippen LogP contribution in [0.4, 0.5) is 17.6 Å². The van der Waals surface area contributed by atoms with E-state index in [0.717, 1.165) is 0 Å². The lowest BCUT2D eigenvalue weighted by Crippen LogP contribution is -2.29. The monoisotopic (exact) mass is 274 g/mol. The van der Waals surface area contributed by atoms with Crippen molar-refractivity contribution >= 4 is 23.5 Å². The van der Waals surface area contributed by atoms with Gasteiger partial charge in [0.15, 0.2) is 0 Å². The molecule has 1 aliphatic rings. The minimum atomic E-state index is -0.483. The van der Waals surface area contributed by atoms with E-state index < -0.39 is 11.0 Å². The second-order valence-corrected chi connectivity index (χ2v) is 4.36. The topological polar surface area (TPSA) is 129 Å². The number of benzene rings is 1. The van der Waals surface area contributed by atoms with Gasteiger partial charge in [-0.2, -0.15) is 4.98 Å². The lowest BCUT2D eigenvalue weighted by atomic mass is 10.0. The van der Waals surface area contributed by atoms with Gasteiger partial charge >= 0.3 is 0 Å². The molecule has 102 valence electrons. The Morgan fingerprint density at radius 1 is 1.50 bits per heavy atom. The lowest BCUT2D eigenvalue weighted by Gasteiger charge is -2.23. The Kier molecular flexibility index (Phi) is 2.60. The molecule has 0 unspecified atom stereocenters. The quantitative estimate of drug-likeness (QED) is 0.612. The minimum absolute atomic E-state index is 0.0388. The van der Waals surface area contributed by atoms with Crippen LogP contribution in [0.3, 0.4) is 0 Å². The number of fused-ring (bicyclic) bond motifs is 1. The summed E-state index contributed by atoms with van der Waals surface area (Å²) < 4.78 is 1.47. The van der Waals surface area contributed by atoms with Crippen LogP contribution in [0.25, 0.3) is 0 Å². The van der Waals surface area contributed by atoms with Crippen molar-refractivity contribution < 1.29 is 9.72 Å². The summed E-state index contributed by atoms with van der Waals surface area (Å²) in [5, 5.41) is 17.4. The van der Waals surface area contributed by atoms with Gasteiger partial charge in [0.1, 0.15) is 0 Å². The zero-order valence-corrected chi connectivity index (χ0v) is 10.2. The fourth-order valence-electron chi connectivity index (χ4n) is 2.18. The van der Waals surface area contributed by atoms with Crippen molar-refractivity contribution in [2.24, 2.45) is 0 Å². The first-order valence-electron chi connectivity index (χ1n) is 5.81. The number of carbonyl (C=O) groups excluding carboxylic acids is 1. The van der Waals surface area contributed by atoms with Crippen LogP contribution in [0.5, 0.6) is 0 Å². The Hall–Kier alpha value is -2.97. The Morgan fingerprint density at radius 2 is 2.30 bits per heavy atom. The highest BCUT2D eigenvalue weighted by Crippen LogP contribution is 2.30. The summed E-state index contributed by atoms with van der Waals surface area (Å²) in [4.78, 5) is 25.9. The number of anilines is 2. The number of amides is 1. The zero-order chi connectivity index (χ0) is 14.3. The smallest absolute Gasteiger partial charge is 0.269 e. The number of non-ortho nitro benzene ring substituents is 1. The zero-order valence-electron chi connectivity index (χ0n) is 10.2. The number of hydrogen-bond donors (Lipinski definition) is 2. The summed E-state index contributed by atoms with van der Waals surface area (Å²) in [6.07, 6.45) is 0.122. The molecule has 0 saturated heterocycles. The fourth-order valence-corrected chi connectivity index (χ4v) is 2.18. The van der Waals surface area contributed by atoms with E-state index in [1.807, 2.05) is 0 Å². The van der Waals surface area contributed by atoms with Crippen molar-refractivity contribution in [1.82, 2.24) is 14.8 Å². The number of hydrogen-bond acceptors (Lipinski definition) is 6. The number of nitrogens with one attached hydrogen (secondary N) is 1. The van der Waals surface area contributed by atoms with E-state index in [1.54, 1.807) is 12.1 Å². The molecule has 0 saturated carbocycles. The number of rotatable bonds is 2. The Bertz CT molecular complexity index is 710. The van der Waals surface area contributed by atoms with E-state index in [9.17, 15) is 14.9 Å². The normalized spacial score (nSPS) is 17.4. The van der Waals surface area contributed by atoms with Crippen LogP contribution in [-0.2, 0) is 4.79 Å². The fraction of sp³-hybridized carbons (Fsp3) is 0.182. The van der Waals surface area contributed by atoms with Gasteiger partial charge < -0.3 is 5.73 Å². The Labute approximate surface area is 112 Å². The minimum Gasteiger partial charge on any atom is -0.366 e. The van der Waals surface area contributed by atoms with Crippen LogP contribution < -0.4 is 11.1 Å². The molecular weight excluding hydrogens is 264 g/mol. The molecule has 0 aliphatic carbocycles. The molecule has 1 aromatic carbocycles. The number of nitrogens with zero attached hydrogens (tertiary/aromatic N) is 4. The van der Waals surface area contributed by atoms with E-state index in [2.05, 4.69) is 15.4 Å². The first kappa shape index (κ1) is 12.1. The predicted octanol–water partition coefficient (Wildman–Crippen LogP) is 0.700. The summed E-state index contributed by atoms with van der Waals surface area (Å²) in [6.45, 7) is 0. The lowest BCUT2D eigenvalue weighted by molar-refractivity contribution is -0.384. The second kappa shape index (κ2) is 4.30. The van der Waals surface area contributed by atoms with Gasteiger partial charge in [0.25, 0.3) is 5.69 Å². The molecule has 1 atom stereocenters. The molecule has 3 rings (SSSR count). The number of nitro groups is 1. The predicted molar refractivity (Wildman–Crippen MR) is 68.9 cm³/mol. The van der Waals surface area contributed by atoms with Crippen LogP contribution in [0.1, 0.15) is 18.0 Å². The summed E-state index contributed by atoms with van der Waals surface area (Å²) in [5.41, 5.74) is 6.09. The van der Waals surface area contributed by atoms with Crippen molar-refractivity contribution in [2.45, 2.75) is 12.5 Å². The summed E-state index contributed by atoms with van der Waals surface area (Å²) in [7, 11) is 0. The molecule has 1 amide bonds. The Morgan fingerprint density at radius 3 is 3.05 bits per heavy atom. The van der Waals surface area contributed by atoms with Crippen LogP contribution in [0, 0.1) is 10.1 Å². The third-order valence-electron chi connectivity index (χ3n) is 3.04. The highest BCUT2D eigenvalue weighted by molar-refractivity contribution is 5.91. The molecule has 20 heavy (non-hydrogen) atoms. The number of nitrogen functional groups attached to an aromatic ring is 1. The Balaban J connectivity index is 2.08. The molecule has 2 aromatic rings. The first-order chi connectivity index (χ1) is 9.54. The maximum Gasteiger partial charge on any atom is 0.269 e. The van der Waals surface area contributed by atoms with Crippen molar-refractivity contribution in [3.05, 3.63) is 39.9 Å². The van der Waals surface area contributed by atoms with Crippen LogP contribution in [-0.4, -0.2) is 25.6 Å². The number of aromatic nitrogens is 3. The molecule has 9 nitrogen and oxygen atoms in total. The third kappa shape index (κ3) is 1.94. The SMILES string of the molecule is Nc1nc2n(n1)[C@H](c1cccc([N+](=O)[O-])c1)CC(=O)N2. The van der Waals surface area contributed by atoms with Gasteiger partial charge in [0.2, 0.25) is 17.8 Å². The van der Waals surface area contributed by atoms with E-state index in [1.165, 1.54) is 16.8 Å². The molecule has 1 aliphatic heterocycles. The molecule has 3 N–H and O–H groups in total. The van der Waals surface area contributed by atoms with Crippen molar-refractivity contribution in [2.75, 3.05) is 11.1 Å². The van der Waals surface area contributed by atoms with E-state index in [0.29, 0.717) is 5.56 Å². The van der Waals surface area contributed by atoms with Gasteiger partial charge in [0, 0.05) is 12.1 Å². The van der Waals surface area contributed by atoms with Gasteiger partial charge in [-0.25, -0.2) is 4.68 Å². The average molecular weight is 274 g/mol. The maximum atomic E-state index is 11.7. The van der Waals surface area contributed by atoms with Gasteiger partial charge in [-0.15, -0.1) is 5.10 Å². The molecule has 2 heterocycles. The molecule has 0 bridgehead atoms. The molecule has 1 aromatic heterocycles. The first-order valence-corrected chi connectivity index (χ1v) is 5.81. The van der Waals surface area contributed by atoms with Crippen LogP contribution in [0.2, 0.25) is 0 Å². The average Bonchev–Trinajstić information content (AvgIpc) is 2.78. The van der Waals surface area contributed by atoms with E-state index in [-0.39, 0.29) is 29.9 Å². The highest BCUT2D eigenvalue weighted by Gasteiger charge is 2.29. The molecule has 0 spiro atoms. The van der Waals surface area contributed by atoms with Crippen LogP contribution >= 0.6 is 0 Å². The standard InChI is InChI=1S/C11H10N6O3/c12-10-14-11-13-9(18)5-8(16(11)15-10)6-2-1-3-7(4-6)17(19)20/h1-4,8H,5H2,(H3,12,13,14,15,18)/t8-/m0/s1. The van der Waals surface area contributed by atoms with Crippen molar-refractivity contribution in [1.29, 1.82) is 0 Å². The van der Waals surface area contributed by atoms with Gasteiger partial charge in [-0.1, -0.05) is 12.1 Å². The van der Waals surface area contributed by atoms with Crippen molar-refractivity contribution in [3.63, 3.8) is 0 Å². The maximum absolute atomic E-state index is 11.7. The third-order valence-corrected chi connectivity index (χ3v) is 3.04. The van der Waals surface area contributed by atoms with Gasteiger partial charge in [-0.3, -0.25) is 20.2 Å².